The summed E-state index contributed by atoms with van der Waals surface area (Å²) in [5, 5.41) is 3.17. The quantitative estimate of drug-likeness (QED) is 0.616. The van der Waals surface area contributed by atoms with Crippen LogP contribution in [0.5, 0.6) is 0 Å². The molecule has 9 heteroatoms. The van der Waals surface area contributed by atoms with E-state index < -0.39 is 7.75 Å². The van der Waals surface area contributed by atoms with Crippen molar-refractivity contribution >= 4 is 25.1 Å². The van der Waals surface area contributed by atoms with Gasteiger partial charge in [-0.25, -0.2) is 4.57 Å². The summed E-state index contributed by atoms with van der Waals surface area (Å²) in [5.74, 6) is 0.574. The van der Waals surface area contributed by atoms with Crippen LogP contribution < -0.4 is 10.6 Å². The highest BCUT2D eigenvalue weighted by molar-refractivity contribution is 7.81. The maximum absolute atomic E-state index is 12.6. The van der Waals surface area contributed by atoms with Crippen molar-refractivity contribution in [3.8, 4) is 0 Å². The Kier molecular flexibility index (Phi) is 5.63. The average Bonchev–Trinajstić information content (AvgIpc) is 2.56. The molecule has 1 saturated heterocycles. The fourth-order valence-electron chi connectivity index (χ4n) is 3.69. The minimum Gasteiger partial charge on any atom is -0.348 e. The highest BCUT2D eigenvalue weighted by Gasteiger charge is 2.37. The lowest BCUT2D eigenvalue weighted by atomic mass is 9.83. The lowest BCUT2D eigenvalue weighted by molar-refractivity contribution is 0.175. The number of pyridine rings is 1. The molecular formula is C16H24N3O4PS. The molecule has 2 atom stereocenters. The molecule has 0 amide bonds. The number of aromatic nitrogens is 1. The largest absolute Gasteiger partial charge is 0.434 e. The van der Waals surface area contributed by atoms with Crippen molar-refractivity contribution in [3.05, 3.63) is 34.2 Å². The van der Waals surface area contributed by atoms with Gasteiger partial charge in [-0.05, 0) is 44.5 Å². The molecule has 3 heterocycles. The molecular weight excluding hydrogens is 361 g/mol. The Hall–Kier alpha value is -1.21. The van der Waals surface area contributed by atoms with E-state index in [0.29, 0.717) is 24.1 Å². The zero-order valence-electron chi connectivity index (χ0n) is 14.5. The molecule has 0 aliphatic carbocycles. The number of hydrogen-bond donors (Lipinski definition) is 1. The monoisotopic (exact) mass is 385 g/mol. The van der Waals surface area contributed by atoms with Gasteiger partial charge in [0.1, 0.15) is 0 Å². The van der Waals surface area contributed by atoms with Gasteiger partial charge in [0.05, 0.1) is 13.2 Å². The highest BCUT2D eigenvalue weighted by atomic mass is 32.1. The Morgan fingerprint density at radius 2 is 2.00 bits per heavy atom. The van der Waals surface area contributed by atoms with Crippen LogP contribution in [0.1, 0.15) is 31.9 Å². The molecule has 1 N–H and O–H groups in total. The normalized spacial score (nSPS) is 22.4. The van der Waals surface area contributed by atoms with E-state index in [-0.39, 0.29) is 24.7 Å². The van der Waals surface area contributed by atoms with E-state index in [9.17, 15) is 9.36 Å². The van der Waals surface area contributed by atoms with Crippen molar-refractivity contribution in [1.82, 2.24) is 14.6 Å². The summed E-state index contributed by atoms with van der Waals surface area (Å²) in [6, 6.07) is 5.42. The summed E-state index contributed by atoms with van der Waals surface area (Å²) in [7, 11) is -3.43. The van der Waals surface area contributed by atoms with Crippen LogP contribution in [-0.2, 0) is 20.2 Å². The van der Waals surface area contributed by atoms with Gasteiger partial charge in [-0.15, -0.1) is 0 Å². The molecule has 25 heavy (non-hydrogen) atoms. The summed E-state index contributed by atoms with van der Waals surface area (Å²) in [6.07, 6.45) is 1.04. The second-order valence-corrected chi connectivity index (χ2v) is 8.47. The molecule has 0 aromatic carbocycles. The molecule has 1 aromatic heterocycles. The van der Waals surface area contributed by atoms with Gasteiger partial charge in [-0.1, -0.05) is 6.07 Å². The zero-order chi connectivity index (χ0) is 18.0. The SMILES string of the molecule is CCOP(=O)(NC(=S)N1C[C@@H]2C[C@@H](C1)c1cccc(=O)n1C2)OCC. The summed E-state index contributed by atoms with van der Waals surface area (Å²) < 4.78 is 25.0. The third-order valence-corrected chi connectivity index (χ3v) is 6.79. The van der Waals surface area contributed by atoms with Crippen molar-refractivity contribution < 1.29 is 13.6 Å². The minimum absolute atomic E-state index is 0.0542. The number of fused-ring (bicyclic) bond motifs is 4. The van der Waals surface area contributed by atoms with Crippen molar-refractivity contribution in [1.29, 1.82) is 0 Å². The molecule has 2 aliphatic heterocycles. The number of thiocarbonyl (C=S) groups is 1. The van der Waals surface area contributed by atoms with Gasteiger partial charge in [0.25, 0.3) is 5.56 Å². The molecule has 2 bridgehead atoms. The number of hydrogen-bond acceptors (Lipinski definition) is 5. The fourth-order valence-corrected chi connectivity index (χ4v) is 5.44. The van der Waals surface area contributed by atoms with E-state index in [1.807, 2.05) is 21.6 Å². The number of likely N-dealkylation sites (tertiary alicyclic amines) is 1. The summed E-state index contributed by atoms with van der Waals surface area (Å²) in [4.78, 5) is 14.1. The lowest BCUT2D eigenvalue weighted by Gasteiger charge is -2.43. The van der Waals surface area contributed by atoms with Gasteiger partial charge in [0.15, 0.2) is 5.11 Å². The van der Waals surface area contributed by atoms with Crippen LogP contribution in [0.3, 0.4) is 0 Å². The molecule has 0 spiro atoms. The topological polar surface area (TPSA) is 72.8 Å². The van der Waals surface area contributed by atoms with E-state index in [1.54, 1.807) is 19.9 Å². The van der Waals surface area contributed by atoms with Gasteiger partial charge in [-0.2, -0.15) is 0 Å². The van der Waals surface area contributed by atoms with E-state index in [0.717, 1.165) is 18.7 Å². The molecule has 138 valence electrons. The summed E-state index contributed by atoms with van der Waals surface area (Å²) >= 11 is 5.47. The van der Waals surface area contributed by atoms with Gasteiger partial charge >= 0.3 is 7.75 Å². The van der Waals surface area contributed by atoms with E-state index >= 15 is 0 Å². The average molecular weight is 385 g/mol. The van der Waals surface area contributed by atoms with Crippen LogP contribution in [0, 0.1) is 5.92 Å². The Morgan fingerprint density at radius 3 is 2.68 bits per heavy atom. The number of nitrogens with zero attached hydrogens (tertiary/aromatic N) is 2. The molecule has 1 aromatic rings. The maximum Gasteiger partial charge on any atom is 0.434 e. The molecule has 0 unspecified atom stereocenters. The van der Waals surface area contributed by atoms with Crippen LogP contribution in [0.25, 0.3) is 0 Å². The number of piperidine rings is 1. The molecule has 0 radical (unpaired) electrons. The van der Waals surface area contributed by atoms with Crippen LogP contribution in [0.15, 0.2) is 23.0 Å². The lowest BCUT2D eigenvalue weighted by Crippen LogP contribution is -2.51. The first kappa shape index (κ1) is 18.6. The van der Waals surface area contributed by atoms with Crippen molar-refractivity contribution in [2.45, 2.75) is 32.7 Å². The van der Waals surface area contributed by atoms with Crippen LogP contribution in [0.2, 0.25) is 0 Å². The summed E-state index contributed by atoms with van der Waals surface area (Å²) in [6.45, 7) is 6.17. The second-order valence-electron chi connectivity index (χ2n) is 6.35. The van der Waals surface area contributed by atoms with Crippen molar-refractivity contribution in [2.75, 3.05) is 26.3 Å². The van der Waals surface area contributed by atoms with Gasteiger partial charge in [0.2, 0.25) is 0 Å². The molecule has 0 saturated carbocycles. The van der Waals surface area contributed by atoms with Gasteiger partial charge in [0, 0.05) is 37.3 Å². The van der Waals surface area contributed by atoms with E-state index in [1.165, 1.54) is 0 Å². The predicted octanol–water partition coefficient (Wildman–Crippen LogP) is 2.32. The fraction of sp³-hybridized carbons (Fsp3) is 0.625. The maximum atomic E-state index is 12.6. The standard InChI is InChI=1S/C16H24N3O4PS/c1-3-22-24(21,23-4-2)17-16(25)18-9-12-8-13(11-18)14-6-5-7-15(20)19(14)10-12/h5-7,12-13H,3-4,8-11H2,1-2H3,(H,17,21,25)/t12-,13-/m0/s1. The Balaban J connectivity index is 1.75. The predicted molar refractivity (Wildman–Crippen MR) is 99.7 cm³/mol. The van der Waals surface area contributed by atoms with Crippen LogP contribution in [0.4, 0.5) is 0 Å². The van der Waals surface area contributed by atoms with E-state index in [2.05, 4.69) is 5.09 Å². The van der Waals surface area contributed by atoms with Crippen molar-refractivity contribution in [2.24, 2.45) is 5.92 Å². The van der Waals surface area contributed by atoms with E-state index in [4.69, 9.17) is 21.3 Å². The Morgan fingerprint density at radius 1 is 1.28 bits per heavy atom. The Bertz CT molecular complexity index is 743. The third kappa shape index (κ3) is 3.97. The van der Waals surface area contributed by atoms with Crippen LogP contribution >= 0.6 is 20.0 Å². The highest BCUT2D eigenvalue weighted by Crippen LogP contribution is 2.44. The second kappa shape index (κ2) is 7.58. The first-order valence-corrected chi connectivity index (χ1v) is 10.6. The smallest absolute Gasteiger partial charge is 0.348 e. The molecule has 7 nitrogen and oxygen atoms in total. The molecule has 2 aliphatic rings. The van der Waals surface area contributed by atoms with Crippen molar-refractivity contribution in [3.63, 3.8) is 0 Å². The third-order valence-electron chi connectivity index (χ3n) is 4.60. The van der Waals surface area contributed by atoms with Gasteiger partial charge < -0.3 is 9.47 Å². The van der Waals surface area contributed by atoms with Crippen LogP contribution in [-0.4, -0.2) is 40.9 Å². The number of rotatable bonds is 5. The molecule has 1 fully saturated rings. The first-order chi connectivity index (χ1) is 12.0. The summed E-state index contributed by atoms with van der Waals surface area (Å²) in [5.41, 5.74) is 1.10. The number of nitrogens with one attached hydrogen (secondary N) is 1. The zero-order valence-corrected chi connectivity index (χ0v) is 16.2. The van der Waals surface area contributed by atoms with Gasteiger partial charge in [-0.3, -0.25) is 18.9 Å². The Labute approximate surface area is 152 Å². The first-order valence-electron chi connectivity index (χ1n) is 8.61. The molecule has 3 rings (SSSR count). The minimum atomic E-state index is -3.43.